The SMILES string of the molecule is Cn1cc(C(=O)NC(CN)C2CCCCC2)c(-c2ccc([N+](=O)[O-])cc2)n1. The van der Waals surface area contributed by atoms with Gasteiger partial charge in [0.05, 0.1) is 10.5 Å². The summed E-state index contributed by atoms with van der Waals surface area (Å²) < 4.78 is 1.57. The molecule has 1 unspecified atom stereocenters. The molecule has 8 nitrogen and oxygen atoms in total. The van der Waals surface area contributed by atoms with Crippen molar-refractivity contribution in [3.8, 4) is 11.3 Å². The van der Waals surface area contributed by atoms with E-state index in [2.05, 4.69) is 10.4 Å². The van der Waals surface area contributed by atoms with Gasteiger partial charge in [-0.3, -0.25) is 19.6 Å². The first-order chi connectivity index (χ1) is 13.0. The van der Waals surface area contributed by atoms with E-state index in [0.29, 0.717) is 29.3 Å². The molecule has 1 saturated carbocycles. The number of aromatic nitrogens is 2. The highest BCUT2D eigenvalue weighted by molar-refractivity contribution is 6.00. The summed E-state index contributed by atoms with van der Waals surface area (Å²) in [5.74, 6) is 0.199. The number of nitrogens with one attached hydrogen (secondary N) is 1. The summed E-state index contributed by atoms with van der Waals surface area (Å²) in [6, 6.07) is 5.99. The van der Waals surface area contributed by atoms with Crippen molar-refractivity contribution < 1.29 is 9.72 Å². The van der Waals surface area contributed by atoms with E-state index < -0.39 is 4.92 Å². The first-order valence-electron chi connectivity index (χ1n) is 9.29. The second kappa shape index (κ2) is 8.30. The van der Waals surface area contributed by atoms with Gasteiger partial charge in [-0.15, -0.1) is 0 Å². The van der Waals surface area contributed by atoms with Crippen LogP contribution in [0.1, 0.15) is 42.5 Å². The summed E-state index contributed by atoms with van der Waals surface area (Å²) in [5, 5.41) is 18.3. The predicted molar refractivity (Wildman–Crippen MR) is 102 cm³/mol. The average molecular weight is 371 g/mol. The number of nitrogens with zero attached hydrogens (tertiary/aromatic N) is 3. The molecule has 1 atom stereocenters. The largest absolute Gasteiger partial charge is 0.348 e. The van der Waals surface area contributed by atoms with E-state index in [-0.39, 0.29) is 17.6 Å². The summed E-state index contributed by atoms with van der Waals surface area (Å²) >= 11 is 0. The molecule has 3 rings (SSSR count). The van der Waals surface area contributed by atoms with E-state index in [1.807, 2.05) is 0 Å². The van der Waals surface area contributed by atoms with Crippen LogP contribution in [0.3, 0.4) is 0 Å². The van der Waals surface area contributed by atoms with Gasteiger partial charge in [-0.1, -0.05) is 19.3 Å². The molecule has 0 saturated heterocycles. The van der Waals surface area contributed by atoms with Gasteiger partial charge in [0.2, 0.25) is 0 Å². The molecule has 1 fully saturated rings. The summed E-state index contributed by atoms with van der Waals surface area (Å²) in [5.41, 5.74) is 7.54. The maximum absolute atomic E-state index is 12.9. The third kappa shape index (κ3) is 4.33. The van der Waals surface area contributed by atoms with Crippen LogP contribution in [-0.4, -0.2) is 33.2 Å². The van der Waals surface area contributed by atoms with Gasteiger partial charge in [0, 0.05) is 43.5 Å². The van der Waals surface area contributed by atoms with E-state index in [1.165, 1.54) is 31.4 Å². The van der Waals surface area contributed by atoms with Gasteiger partial charge < -0.3 is 11.1 Å². The Morgan fingerprint density at radius 3 is 2.59 bits per heavy atom. The van der Waals surface area contributed by atoms with Crippen LogP contribution in [0.25, 0.3) is 11.3 Å². The number of nitrogens with two attached hydrogens (primary N) is 1. The molecule has 0 radical (unpaired) electrons. The van der Waals surface area contributed by atoms with Crippen LogP contribution in [0.5, 0.6) is 0 Å². The van der Waals surface area contributed by atoms with Gasteiger partial charge in [0.1, 0.15) is 5.69 Å². The van der Waals surface area contributed by atoms with Crippen LogP contribution >= 0.6 is 0 Å². The average Bonchev–Trinajstić information content (AvgIpc) is 3.08. The Labute approximate surface area is 157 Å². The number of benzene rings is 1. The third-order valence-corrected chi connectivity index (χ3v) is 5.21. The fourth-order valence-electron chi connectivity index (χ4n) is 3.76. The van der Waals surface area contributed by atoms with Gasteiger partial charge in [-0.2, -0.15) is 5.10 Å². The van der Waals surface area contributed by atoms with Crippen LogP contribution in [0.4, 0.5) is 5.69 Å². The van der Waals surface area contributed by atoms with Crippen molar-refractivity contribution >= 4 is 11.6 Å². The Balaban J connectivity index is 1.81. The summed E-state index contributed by atoms with van der Waals surface area (Å²) in [6.45, 7) is 0.406. The van der Waals surface area contributed by atoms with Gasteiger partial charge in [-0.25, -0.2) is 0 Å². The van der Waals surface area contributed by atoms with Crippen molar-refractivity contribution in [3.05, 3.63) is 46.1 Å². The van der Waals surface area contributed by atoms with Crippen LogP contribution in [0.15, 0.2) is 30.5 Å². The Bertz CT molecular complexity index is 809. The van der Waals surface area contributed by atoms with Crippen LogP contribution in [0.2, 0.25) is 0 Å². The van der Waals surface area contributed by atoms with Gasteiger partial charge >= 0.3 is 0 Å². The van der Waals surface area contributed by atoms with Crippen molar-refractivity contribution in [2.75, 3.05) is 6.54 Å². The van der Waals surface area contributed by atoms with Crippen molar-refractivity contribution in [2.24, 2.45) is 18.7 Å². The van der Waals surface area contributed by atoms with Crippen LogP contribution in [0, 0.1) is 16.0 Å². The highest BCUT2D eigenvalue weighted by Gasteiger charge is 2.26. The first-order valence-corrected chi connectivity index (χ1v) is 9.29. The molecular formula is C19H25N5O3. The lowest BCUT2D eigenvalue weighted by Crippen LogP contribution is -2.46. The molecule has 1 aliphatic rings. The monoisotopic (exact) mass is 371 g/mol. The summed E-state index contributed by atoms with van der Waals surface area (Å²) in [7, 11) is 1.74. The number of carbonyl (C=O) groups is 1. The molecule has 1 aliphatic carbocycles. The smallest absolute Gasteiger partial charge is 0.269 e. The second-order valence-electron chi connectivity index (χ2n) is 7.08. The van der Waals surface area contributed by atoms with E-state index in [0.717, 1.165) is 12.8 Å². The zero-order chi connectivity index (χ0) is 19.4. The number of nitro groups is 1. The van der Waals surface area contributed by atoms with Gasteiger partial charge in [0.15, 0.2) is 0 Å². The first kappa shape index (κ1) is 19.0. The molecule has 144 valence electrons. The van der Waals surface area contributed by atoms with Crippen molar-refractivity contribution in [1.82, 2.24) is 15.1 Å². The Morgan fingerprint density at radius 1 is 1.33 bits per heavy atom. The number of hydrogen-bond donors (Lipinski definition) is 2. The Morgan fingerprint density at radius 2 is 2.00 bits per heavy atom. The minimum absolute atomic E-state index is 0.00109. The normalized spacial score (nSPS) is 16.1. The predicted octanol–water partition coefficient (Wildman–Crippen LogP) is 2.63. The Kier molecular flexibility index (Phi) is 5.85. The molecular weight excluding hydrogens is 346 g/mol. The number of aryl methyl sites for hydroxylation is 1. The van der Waals surface area contributed by atoms with Crippen molar-refractivity contribution in [3.63, 3.8) is 0 Å². The lowest BCUT2D eigenvalue weighted by molar-refractivity contribution is -0.384. The fourth-order valence-corrected chi connectivity index (χ4v) is 3.76. The number of amides is 1. The zero-order valence-electron chi connectivity index (χ0n) is 15.4. The van der Waals surface area contributed by atoms with Crippen molar-refractivity contribution in [1.29, 1.82) is 0 Å². The number of non-ortho nitro benzene ring substituents is 1. The number of nitro benzene ring substituents is 1. The van der Waals surface area contributed by atoms with Crippen molar-refractivity contribution in [2.45, 2.75) is 38.1 Å². The van der Waals surface area contributed by atoms with E-state index in [9.17, 15) is 14.9 Å². The molecule has 1 aromatic heterocycles. The molecule has 27 heavy (non-hydrogen) atoms. The van der Waals surface area contributed by atoms with Crippen LogP contribution < -0.4 is 11.1 Å². The molecule has 8 heteroatoms. The number of carbonyl (C=O) groups excluding carboxylic acids is 1. The molecule has 0 spiro atoms. The van der Waals surface area contributed by atoms with E-state index in [1.54, 1.807) is 30.1 Å². The highest BCUT2D eigenvalue weighted by atomic mass is 16.6. The molecule has 1 aromatic carbocycles. The molecule has 0 aliphatic heterocycles. The molecule has 2 aromatic rings. The quantitative estimate of drug-likeness (QED) is 0.598. The summed E-state index contributed by atoms with van der Waals surface area (Å²) in [4.78, 5) is 23.3. The number of hydrogen-bond acceptors (Lipinski definition) is 5. The molecule has 3 N–H and O–H groups in total. The highest BCUT2D eigenvalue weighted by Crippen LogP contribution is 2.28. The molecule has 0 bridgehead atoms. The Hall–Kier alpha value is -2.74. The van der Waals surface area contributed by atoms with Gasteiger partial charge in [0.25, 0.3) is 11.6 Å². The molecule has 1 amide bonds. The minimum atomic E-state index is -0.453. The number of rotatable bonds is 6. The van der Waals surface area contributed by atoms with E-state index in [4.69, 9.17) is 5.73 Å². The van der Waals surface area contributed by atoms with Crippen LogP contribution in [-0.2, 0) is 7.05 Å². The van der Waals surface area contributed by atoms with E-state index >= 15 is 0 Å². The fraction of sp³-hybridized carbons (Fsp3) is 0.474. The topological polar surface area (TPSA) is 116 Å². The maximum Gasteiger partial charge on any atom is 0.269 e. The molecule has 1 heterocycles. The third-order valence-electron chi connectivity index (χ3n) is 5.21. The zero-order valence-corrected chi connectivity index (χ0v) is 15.4. The van der Waals surface area contributed by atoms with Gasteiger partial charge in [-0.05, 0) is 30.9 Å². The minimum Gasteiger partial charge on any atom is -0.348 e. The lowest BCUT2D eigenvalue weighted by atomic mass is 9.84. The lowest BCUT2D eigenvalue weighted by Gasteiger charge is -2.30. The standard InChI is InChI=1S/C19H25N5O3/c1-23-12-16(18(22-23)14-7-9-15(10-8-14)24(26)27)19(25)21-17(11-20)13-5-3-2-4-6-13/h7-10,12-13,17H,2-6,11,20H2,1H3,(H,21,25). The second-order valence-corrected chi connectivity index (χ2v) is 7.08. The maximum atomic E-state index is 12.9. The summed E-state index contributed by atoms with van der Waals surface area (Å²) in [6.07, 6.45) is 7.44.